The maximum atomic E-state index is 5.39. The molecule has 4 aromatic rings. The third-order valence-corrected chi connectivity index (χ3v) is 4.27. The monoisotopic (exact) mass is 335 g/mol. The Hall–Kier alpha value is -3.28. The summed E-state index contributed by atoms with van der Waals surface area (Å²) < 4.78 is 16.0. The summed E-state index contributed by atoms with van der Waals surface area (Å²) in [6, 6.07) is 11.5. The number of aromatic nitrogens is 3. The molecule has 0 fully saturated rings. The van der Waals surface area contributed by atoms with Crippen molar-refractivity contribution in [1.82, 2.24) is 15.2 Å². The van der Waals surface area contributed by atoms with Gasteiger partial charge < -0.3 is 14.2 Å². The maximum Gasteiger partial charge on any atom is 0.161 e. The molecule has 126 valence electrons. The molecule has 0 saturated heterocycles. The van der Waals surface area contributed by atoms with Crippen LogP contribution < -0.4 is 14.2 Å². The Morgan fingerprint density at radius 3 is 2.44 bits per heavy atom. The van der Waals surface area contributed by atoms with E-state index < -0.39 is 0 Å². The third kappa shape index (κ3) is 2.42. The topological polar surface area (TPSA) is 69.3 Å². The molecule has 0 spiro atoms. The standard InChI is InChI=1S/C19H17N3O3/c1-23-12-5-6-15-13(9-12)19-14(10-20-15)18(21-22-19)11-4-7-16(24-2)17(8-11)25-3/h4-10H,1-3H3,(H,21,22). The quantitative estimate of drug-likeness (QED) is 0.614. The number of benzene rings is 2. The zero-order valence-corrected chi connectivity index (χ0v) is 14.2. The summed E-state index contributed by atoms with van der Waals surface area (Å²) in [5.41, 5.74) is 3.55. The highest BCUT2D eigenvalue weighted by atomic mass is 16.5. The normalized spacial score (nSPS) is 11.0. The predicted molar refractivity (Wildman–Crippen MR) is 96.5 cm³/mol. The number of nitrogens with zero attached hydrogens (tertiary/aromatic N) is 2. The number of methoxy groups -OCH3 is 3. The SMILES string of the molecule is COc1ccc2ncc3c(-c4ccc(OC)c(OC)c4)n[nH]c3c2c1. The molecule has 0 aliphatic carbocycles. The molecule has 0 unspecified atom stereocenters. The second-order valence-corrected chi connectivity index (χ2v) is 5.57. The van der Waals surface area contributed by atoms with E-state index in [4.69, 9.17) is 14.2 Å². The van der Waals surface area contributed by atoms with Gasteiger partial charge >= 0.3 is 0 Å². The molecule has 6 heteroatoms. The van der Waals surface area contributed by atoms with Crippen molar-refractivity contribution in [3.05, 3.63) is 42.6 Å². The Bertz CT molecular complexity index is 1070. The fraction of sp³-hybridized carbons (Fsp3) is 0.158. The van der Waals surface area contributed by atoms with Gasteiger partial charge in [0.05, 0.1) is 32.4 Å². The highest BCUT2D eigenvalue weighted by Gasteiger charge is 2.14. The van der Waals surface area contributed by atoms with Crippen LogP contribution in [0.2, 0.25) is 0 Å². The van der Waals surface area contributed by atoms with Crippen LogP contribution in [0.5, 0.6) is 17.2 Å². The molecule has 6 nitrogen and oxygen atoms in total. The van der Waals surface area contributed by atoms with Crippen LogP contribution in [0.15, 0.2) is 42.6 Å². The molecule has 0 amide bonds. The van der Waals surface area contributed by atoms with Gasteiger partial charge in [0.2, 0.25) is 0 Å². The number of nitrogens with one attached hydrogen (secondary N) is 1. The predicted octanol–water partition coefficient (Wildman–Crippen LogP) is 3.80. The lowest BCUT2D eigenvalue weighted by molar-refractivity contribution is 0.355. The lowest BCUT2D eigenvalue weighted by Gasteiger charge is -2.08. The van der Waals surface area contributed by atoms with Crippen LogP contribution in [-0.4, -0.2) is 36.5 Å². The molecule has 1 N–H and O–H groups in total. The van der Waals surface area contributed by atoms with Crippen molar-refractivity contribution in [1.29, 1.82) is 0 Å². The largest absolute Gasteiger partial charge is 0.497 e. The van der Waals surface area contributed by atoms with Crippen molar-refractivity contribution in [3.63, 3.8) is 0 Å². The number of ether oxygens (including phenoxy) is 3. The molecule has 4 rings (SSSR count). The van der Waals surface area contributed by atoms with Gasteiger partial charge in [0.25, 0.3) is 0 Å². The first kappa shape index (κ1) is 15.3. The highest BCUT2D eigenvalue weighted by Crippen LogP contribution is 2.35. The summed E-state index contributed by atoms with van der Waals surface area (Å²) in [6.07, 6.45) is 1.83. The number of hydrogen-bond acceptors (Lipinski definition) is 5. The van der Waals surface area contributed by atoms with Gasteiger partial charge in [-0.05, 0) is 36.4 Å². The zero-order chi connectivity index (χ0) is 17.4. The van der Waals surface area contributed by atoms with Gasteiger partial charge in [0.1, 0.15) is 11.4 Å². The van der Waals surface area contributed by atoms with E-state index in [-0.39, 0.29) is 0 Å². The van der Waals surface area contributed by atoms with Gasteiger partial charge in [-0.2, -0.15) is 5.10 Å². The number of rotatable bonds is 4. The van der Waals surface area contributed by atoms with Crippen LogP contribution in [0.3, 0.4) is 0 Å². The van der Waals surface area contributed by atoms with Crippen LogP contribution in [-0.2, 0) is 0 Å². The Kier molecular flexibility index (Phi) is 3.65. The van der Waals surface area contributed by atoms with Crippen LogP contribution in [0, 0.1) is 0 Å². The van der Waals surface area contributed by atoms with Gasteiger partial charge in [-0.3, -0.25) is 10.1 Å². The molecule has 0 atom stereocenters. The number of hydrogen-bond donors (Lipinski definition) is 1. The Balaban J connectivity index is 1.93. The molecule has 0 radical (unpaired) electrons. The molecule has 0 bridgehead atoms. The smallest absolute Gasteiger partial charge is 0.161 e. The number of pyridine rings is 1. The second kappa shape index (κ2) is 5.98. The van der Waals surface area contributed by atoms with Crippen molar-refractivity contribution in [3.8, 4) is 28.5 Å². The van der Waals surface area contributed by atoms with Gasteiger partial charge in [-0.15, -0.1) is 0 Å². The molecule has 25 heavy (non-hydrogen) atoms. The van der Waals surface area contributed by atoms with E-state index in [0.717, 1.165) is 38.8 Å². The van der Waals surface area contributed by atoms with E-state index >= 15 is 0 Å². The molecule has 0 saturated carbocycles. The first-order valence-electron chi connectivity index (χ1n) is 7.78. The average molecular weight is 335 g/mol. The Morgan fingerprint density at radius 2 is 1.68 bits per heavy atom. The molecule has 2 aromatic heterocycles. The van der Waals surface area contributed by atoms with Gasteiger partial charge in [-0.1, -0.05) is 0 Å². The summed E-state index contributed by atoms with van der Waals surface area (Å²) in [5.74, 6) is 2.12. The zero-order valence-electron chi connectivity index (χ0n) is 14.2. The highest BCUT2D eigenvalue weighted by molar-refractivity contribution is 6.08. The van der Waals surface area contributed by atoms with Crippen molar-refractivity contribution < 1.29 is 14.2 Å². The van der Waals surface area contributed by atoms with Gasteiger partial charge in [0.15, 0.2) is 11.5 Å². The fourth-order valence-electron chi connectivity index (χ4n) is 2.97. The molecular weight excluding hydrogens is 318 g/mol. The minimum absolute atomic E-state index is 0.659. The summed E-state index contributed by atoms with van der Waals surface area (Å²) in [4.78, 5) is 4.55. The van der Waals surface area contributed by atoms with Crippen molar-refractivity contribution in [2.75, 3.05) is 21.3 Å². The third-order valence-electron chi connectivity index (χ3n) is 4.27. The Morgan fingerprint density at radius 1 is 0.840 bits per heavy atom. The van der Waals surface area contributed by atoms with E-state index in [1.807, 2.05) is 42.6 Å². The van der Waals surface area contributed by atoms with E-state index in [2.05, 4.69) is 15.2 Å². The number of fused-ring (bicyclic) bond motifs is 3. The minimum atomic E-state index is 0.659. The van der Waals surface area contributed by atoms with E-state index in [0.29, 0.717) is 11.5 Å². The van der Waals surface area contributed by atoms with Crippen LogP contribution in [0.1, 0.15) is 0 Å². The summed E-state index contributed by atoms with van der Waals surface area (Å²) in [5, 5.41) is 9.54. The van der Waals surface area contributed by atoms with Crippen molar-refractivity contribution in [2.45, 2.75) is 0 Å². The van der Waals surface area contributed by atoms with E-state index in [1.165, 1.54) is 0 Å². The Labute approximate surface area is 144 Å². The van der Waals surface area contributed by atoms with Crippen molar-refractivity contribution in [2.24, 2.45) is 0 Å². The lowest BCUT2D eigenvalue weighted by Crippen LogP contribution is -1.91. The summed E-state index contributed by atoms with van der Waals surface area (Å²) in [7, 11) is 4.88. The molecule has 0 aliphatic rings. The maximum absolute atomic E-state index is 5.39. The van der Waals surface area contributed by atoms with Gasteiger partial charge in [-0.25, -0.2) is 0 Å². The van der Waals surface area contributed by atoms with E-state index in [9.17, 15) is 0 Å². The molecule has 2 heterocycles. The first-order valence-corrected chi connectivity index (χ1v) is 7.78. The second-order valence-electron chi connectivity index (χ2n) is 5.57. The molecule has 2 aromatic carbocycles. The minimum Gasteiger partial charge on any atom is -0.497 e. The molecular formula is C19H17N3O3. The van der Waals surface area contributed by atoms with Crippen molar-refractivity contribution >= 4 is 21.8 Å². The van der Waals surface area contributed by atoms with Crippen LogP contribution in [0.4, 0.5) is 0 Å². The fourth-order valence-corrected chi connectivity index (χ4v) is 2.97. The number of H-pyrrole nitrogens is 1. The summed E-state index contributed by atoms with van der Waals surface area (Å²) in [6.45, 7) is 0. The van der Waals surface area contributed by atoms with Crippen LogP contribution >= 0.6 is 0 Å². The number of aromatic amines is 1. The lowest BCUT2D eigenvalue weighted by atomic mass is 10.1. The van der Waals surface area contributed by atoms with Gasteiger partial charge in [0, 0.05) is 22.5 Å². The van der Waals surface area contributed by atoms with E-state index in [1.54, 1.807) is 21.3 Å². The molecule has 0 aliphatic heterocycles. The van der Waals surface area contributed by atoms with Crippen LogP contribution in [0.25, 0.3) is 33.1 Å². The summed E-state index contributed by atoms with van der Waals surface area (Å²) >= 11 is 0. The first-order chi connectivity index (χ1) is 12.2. The average Bonchev–Trinajstić information content (AvgIpc) is 3.11.